The number of carbonyl (C=O) groups is 1. The number of anilines is 1. The fourth-order valence-electron chi connectivity index (χ4n) is 3.19. The molecule has 1 saturated heterocycles. The molecule has 2 rings (SSSR count). The summed E-state index contributed by atoms with van der Waals surface area (Å²) in [5, 5.41) is 6.56. The second-order valence-electron chi connectivity index (χ2n) is 7.21. The highest BCUT2D eigenvalue weighted by atomic mass is 16.2. The van der Waals surface area contributed by atoms with E-state index in [1.807, 2.05) is 44.0 Å². The molecule has 2 unspecified atom stereocenters. The molecule has 1 aromatic rings. The summed E-state index contributed by atoms with van der Waals surface area (Å²) in [5.74, 6) is 1.44. The highest BCUT2D eigenvalue weighted by Crippen LogP contribution is 2.20. The first-order valence-electron chi connectivity index (χ1n) is 9.49. The lowest BCUT2D eigenvalue weighted by atomic mass is 9.99. The van der Waals surface area contributed by atoms with E-state index in [0.29, 0.717) is 11.5 Å². The van der Waals surface area contributed by atoms with Gasteiger partial charge in [-0.05, 0) is 70.4 Å². The Morgan fingerprint density at radius 3 is 2.85 bits per heavy atom. The Kier molecular flexibility index (Phi) is 7.39. The summed E-state index contributed by atoms with van der Waals surface area (Å²) >= 11 is 0. The van der Waals surface area contributed by atoms with Crippen LogP contribution in [0.15, 0.2) is 36.2 Å². The largest absolute Gasteiger partial charge is 0.340 e. The lowest BCUT2D eigenvalue weighted by Gasteiger charge is -2.31. The van der Waals surface area contributed by atoms with Gasteiger partial charge in [-0.25, -0.2) is 4.98 Å². The van der Waals surface area contributed by atoms with Gasteiger partial charge in [-0.1, -0.05) is 13.0 Å². The van der Waals surface area contributed by atoms with E-state index in [0.717, 1.165) is 36.6 Å². The minimum atomic E-state index is 0.0896. The Bertz CT molecular complexity index is 681. The summed E-state index contributed by atoms with van der Waals surface area (Å²) in [7, 11) is 1.93. The molecule has 5 heteroatoms. The number of piperidine rings is 1. The van der Waals surface area contributed by atoms with Crippen molar-refractivity contribution in [3.05, 3.63) is 47.3 Å². The second-order valence-corrected chi connectivity index (χ2v) is 7.21. The monoisotopic (exact) mass is 356 g/mol. The van der Waals surface area contributed by atoms with E-state index in [2.05, 4.69) is 35.5 Å². The lowest BCUT2D eigenvalue weighted by Crippen LogP contribution is -2.39. The normalized spacial score (nSPS) is 19.7. The van der Waals surface area contributed by atoms with E-state index in [9.17, 15) is 4.79 Å². The molecule has 26 heavy (non-hydrogen) atoms. The van der Waals surface area contributed by atoms with Gasteiger partial charge in [-0.15, -0.1) is 0 Å². The van der Waals surface area contributed by atoms with E-state index in [4.69, 9.17) is 0 Å². The summed E-state index contributed by atoms with van der Waals surface area (Å²) < 4.78 is 0. The maximum atomic E-state index is 12.8. The van der Waals surface area contributed by atoms with E-state index in [1.54, 1.807) is 6.20 Å². The average molecular weight is 357 g/mol. The van der Waals surface area contributed by atoms with Crippen molar-refractivity contribution in [3.8, 4) is 0 Å². The molecule has 1 aliphatic heterocycles. The number of likely N-dealkylation sites (N-methyl/N-ethyl adjacent to an activating group) is 1. The molecule has 0 aliphatic carbocycles. The number of aromatic nitrogens is 1. The highest BCUT2D eigenvalue weighted by Gasteiger charge is 2.22. The zero-order chi connectivity index (χ0) is 19.1. The van der Waals surface area contributed by atoms with E-state index < -0.39 is 0 Å². The number of allylic oxidation sites excluding steroid dienone is 2. The smallest absolute Gasteiger partial charge is 0.255 e. The molecule has 142 valence electrons. The zero-order valence-corrected chi connectivity index (χ0v) is 16.7. The van der Waals surface area contributed by atoms with Crippen LogP contribution in [-0.2, 0) is 0 Å². The van der Waals surface area contributed by atoms with Crippen molar-refractivity contribution in [1.82, 2.24) is 15.2 Å². The standard InChI is InChI=1S/C21H32N4O/c1-6-8-19(12-17(4)22-5)24-20-16(3)11-18(13-23-20)21(26)25-10-7-9-15(2)14-25/h6,8,11-13,15,17,22H,7,9-10,14H2,1-5H3,(H,23,24)/b8-6-,19-12+. The van der Waals surface area contributed by atoms with Crippen molar-refractivity contribution in [2.24, 2.45) is 5.92 Å². The topological polar surface area (TPSA) is 57.3 Å². The Morgan fingerprint density at radius 1 is 1.46 bits per heavy atom. The number of hydrogen-bond donors (Lipinski definition) is 2. The van der Waals surface area contributed by atoms with Crippen LogP contribution in [0.3, 0.4) is 0 Å². The molecule has 2 N–H and O–H groups in total. The van der Waals surface area contributed by atoms with Crippen molar-refractivity contribution in [2.75, 3.05) is 25.5 Å². The maximum Gasteiger partial charge on any atom is 0.255 e. The predicted molar refractivity (Wildman–Crippen MR) is 108 cm³/mol. The number of carbonyl (C=O) groups excluding carboxylic acids is 1. The molecule has 1 aliphatic rings. The maximum absolute atomic E-state index is 12.8. The van der Waals surface area contributed by atoms with E-state index >= 15 is 0 Å². The molecule has 0 bridgehead atoms. The Balaban J connectivity index is 2.15. The second kappa shape index (κ2) is 9.53. The van der Waals surface area contributed by atoms with Gasteiger partial charge in [0, 0.05) is 31.0 Å². The van der Waals surface area contributed by atoms with Gasteiger partial charge in [0.1, 0.15) is 5.82 Å². The summed E-state index contributed by atoms with van der Waals surface area (Å²) in [6, 6.07) is 2.18. The molecule has 0 saturated carbocycles. The van der Waals surface area contributed by atoms with Gasteiger partial charge in [0.05, 0.1) is 5.56 Å². The molecule has 0 aromatic carbocycles. The molecule has 1 aromatic heterocycles. The minimum Gasteiger partial charge on any atom is -0.340 e. The van der Waals surface area contributed by atoms with Crippen molar-refractivity contribution < 1.29 is 4.79 Å². The summed E-state index contributed by atoms with van der Waals surface area (Å²) in [6.45, 7) is 9.96. The van der Waals surface area contributed by atoms with Crippen LogP contribution in [0.4, 0.5) is 5.82 Å². The number of hydrogen-bond acceptors (Lipinski definition) is 4. The van der Waals surface area contributed by atoms with Crippen molar-refractivity contribution in [1.29, 1.82) is 0 Å². The quantitative estimate of drug-likeness (QED) is 0.763. The third-order valence-corrected chi connectivity index (χ3v) is 4.76. The molecule has 0 radical (unpaired) electrons. The van der Waals surface area contributed by atoms with Crippen LogP contribution in [0.1, 0.15) is 49.5 Å². The molecule has 2 atom stereocenters. The molecule has 5 nitrogen and oxygen atoms in total. The van der Waals surface area contributed by atoms with Gasteiger partial charge < -0.3 is 15.5 Å². The van der Waals surface area contributed by atoms with Gasteiger partial charge in [0.25, 0.3) is 5.91 Å². The van der Waals surface area contributed by atoms with Crippen molar-refractivity contribution >= 4 is 11.7 Å². The molecular weight excluding hydrogens is 324 g/mol. The Labute approximate surface area is 157 Å². The van der Waals surface area contributed by atoms with E-state index in [1.165, 1.54) is 6.42 Å². The van der Waals surface area contributed by atoms with Gasteiger partial charge in [-0.3, -0.25) is 4.79 Å². The fourth-order valence-corrected chi connectivity index (χ4v) is 3.19. The molecular formula is C21H32N4O. The number of aryl methyl sites for hydroxylation is 1. The minimum absolute atomic E-state index is 0.0896. The third-order valence-electron chi connectivity index (χ3n) is 4.76. The number of pyridine rings is 1. The average Bonchev–Trinajstić information content (AvgIpc) is 2.62. The van der Waals surface area contributed by atoms with E-state index in [-0.39, 0.29) is 11.9 Å². The summed E-state index contributed by atoms with van der Waals surface area (Å²) in [5.41, 5.74) is 2.62. The van der Waals surface area contributed by atoms with Crippen molar-refractivity contribution in [2.45, 2.75) is 46.6 Å². The molecule has 0 spiro atoms. The molecule has 1 amide bonds. The predicted octanol–water partition coefficient (Wildman–Crippen LogP) is 3.74. The van der Waals surface area contributed by atoms with Crippen LogP contribution in [0.5, 0.6) is 0 Å². The summed E-state index contributed by atoms with van der Waals surface area (Å²) in [4.78, 5) is 19.2. The highest BCUT2D eigenvalue weighted by molar-refractivity contribution is 5.94. The number of nitrogens with one attached hydrogen (secondary N) is 2. The van der Waals surface area contributed by atoms with Crippen LogP contribution >= 0.6 is 0 Å². The summed E-state index contributed by atoms with van der Waals surface area (Å²) in [6.07, 6.45) is 10.1. The third kappa shape index (κ3) is 5.43. The zero-order valence-electron chi connectivity index (χ0n) is 16.7. The number of amides is 1. The van der Waals surface area contributed by atoms with Crippen LogP contribution in [0.25, 0.3) is 0 Å². The first-order valence-corrected chi connectivity index (χ1v) is 9.49. The van der Waals surface area contributed by atoms with Gasteiger partial charge >= 0.3 is 0 Å². The lowest BCUT2D eigenvalue weighted by molar-refractivity contribution is 0.0682. The first kappa shape index (κ1) is 20.2. The number of nitrogens with zero attached hydrogens (tertiary/aromatic N) is 2. The van der Waals surface area contributed by atoms with Crippen LogP contribution in [0.2, 0.25) is 0 Å². The first-order chi connectivity index (χ1) is 12.4. The Morgan fingerprint density at radius 2 is 2.23 bits per heavy atom. The van der Waals surface area contributed by atoms with Gasteiger partial charge in [-0.2, -0.15) is 0 Å². The number of likely N-dealkylation sites (tertiary alicyclic amines) is 1. The fraction of sp³-hybridized carbons (Fsp3) is 0.524. The molecule has 2 heterocycles. The van der Waals surface area contributed by atoms with Gasteiger partial charge in [0.15, 0.2) is 0 Å². The number of rotatable bonds is 6. The molecule has 1 fully saturated rings. The van der Waals surface area contributed by atoms with Crippen LogP contribution in [0, 0.1) is 12.8 Å². The van der Waals surface area contributed by atoms with Crippen LogP contribution in [-0.4, -0.2) is 42.0 Å². The Hall–Kier alpha value is -2.14. The van der Waals surface area contributed by atoms with Crippen molar-refractivity contribution in [3.63, 3.8) is 0 Å². The van der Waals surface area contributed by atoms with Crippen LogP contribution < -0.4 is 10.6 Å². The SMILES string of the molecule is C/C=C\C(=C/C(C)NC)Nc1ncc(C(=O)N2CCCC(C)C2)cc1C. The van der Waals surface area contributed by atoms with Gasteiger partial charge in [0.2, 0.25) is 0 Å².